The molecule has 1 aromatic heterocycles. The average molecular weight is 266 g/mol. The van der Waals surface area contributed by atoms with E-state index >= 15 is 0 Å². The van der Waals surface area contributed by atoms with E-state index in [1.807, 2.05) is 0 Å². The molecule has 0 saturated heterocycles. The number of carbonyl (C=O) groups is 1. The molecule has 0 spiro atoms. The van der Waals surface area contributed by atoms with Gasteiger partial charge in [0.05, 0.1) is 4.92 Å². The number of carbonyl (C=O) groups excluding carboxylic acids is 1. The zero-order valence-electron chi connectivity index (χ0n) is 9.12. The molecular formula is C11H8ClN3O3. The van der Waals surface area contributed by atoms with Crippen molar-refractivity contribution in [1.29, 1.82) is 0 Å². The molecule has 7 heteroatoms. The molecule has 0 atom stereocenters. The first-order valence-corrected chi connectivity index (χ1v) is 5.39. The van der Waals surface area contributed by atoms with Crippen molar-refractivity contribution in [3.63, 3.8) is 0 Å². The lowest BCUT2D eigenvalue weighted by molar-refractivity contribution is -0.385. The monoisotopic (exact) mass is 265 g/mol. The number of benzene rings is 1. The summed E-state index contributed by atoms with van der Waals surface area (Å²) in [5, 5.41) is 14.7. The Bertz CT molecular complexity index is 609. The predicted octanol–water partition coefficient (Wildman–Crippen LogP) is 2.33. The largest absolute Gasteiger partial charge is 0.307 e. The molecule has 0 aliphatic heterocycles. The van der Waals surface area contributed by atoms with Gasteiger partial charge in [-0.15, -0.1) is 0 Å². The van der Waals surface area contributed by atoms with Crippen molar-refractivity contribution in [2.24, 2.45) is 0 Å². The van der Waals surface area contributed by atoms with Crippen LogP contribution in [-0.2, 0) is 6.54 Å². The van der Waals surface area contributed by atoms with Crippen LogP contribution in [0.25, 0.3) is 0 Å². The van der Waals surface area contributed by atoms with Gasteiger partial charge in [-0.25, -0.2) is 0 Å². The third kappa shape index (κ3) is 2.72. The van der Waals surface area contributed by atoms with Gasteiger partial charge in [0.2, 0.25) is 0 Å². The first-order valence-electron chi connectivity index (χ1n) is 5.02. The summed E-state index contributed by atoms with van der Waals surface area (Å²) < 4.78 is 1.22. The summed E-state index contributed by atoms with van der Waals surface area (Å²) >= 11 is 5.77. The summed E-state index contributed by atoms with van der Waals surface area (Å²) in [5.41, 5.74) is 0.301. The van der Waals surface area contributed by atoms with E-state index in [0.717, 1.165) is 6.20 Å². The Morgan fingerprint density at radius 1 is 1.50 bits per heavy atom. The molecule has 1 aromatic carbocycles. The molecule has 92 valence electrons. The van der Waals surface area contributed by atoms with Crippen molar-refractivity contribution in [3.8, 4) is 0 Å². The standard InChI is InChI=1S/C11H8ClN3O3/c12-9-3-1-2-8(4-9)11(16)7-14-6-10(5-13-14)15(17)18/h1-6H,7H2. The topological polar surface area (TPSA) is 78.0 Å². The molecule has 18 heavy (non-hydrogen) atoms. The van der Waals surface area contributed by atoms with Crippen LogP contribution in [-0.4, -0.2) is 20.5 Å². The van der Waals surface area contributed by atoms with E-state index in [9.17, 15) is 14.9 Å². The van der Waals surface area contributed by atoms with Crippen LogP contribution < -0.4 is 0 Å². The van der Waals surface area contributed by atoms with Gasteiger partial charge < -0.3 is 0 Å². The normalized spacial score (nSPS) is 10.3. The molecule has 0 bridgehead atoms. The quantitative estimate of drug-likeness (QED) is 0.483. The minimum Gasteiger partial charge on any atom is -0.292 e. The van der Waals surface area contributed by atoms with E-state index in [1.54, 1.807) is 24.3 Å². The summed E-state index contributed by atoms with van der Waals surface area (Å²) in [7, 11) is 0. The van der Waals surface area contributed by atoms with Crippen LogP contribution >= 0.6 is 11.6 Å². The Morgan fingerprint density at radius 3 is 2.89 bits per heavy atom. The SMILES string of the molecule is O=C(Cn1cc([N+](=O)[O-])cn1)c1cccc(Cl)c1. The van der Waals surface area contributed by atoms with E-state index in [-0.39, 0.29) is 18.0 Å². The minimum absolute atomic E-state index is 0.0613. The Balaban J connectivity index is 2.13. The zero-order chi connectivity index (χ0) is 13.1. The predicted molar refractivity (Wildman–Crippen MR) is 64.7 cm³/mol. The molecule has 0 fully saturated rings. The van der Waals surface area contributed by atoms with E-state index in [0.29, 0.717) is 10.6 Å². The van der Waals surface area contributed by atoms with Gasteiger partial charge in [-0.05, 0) is 12.1 Å². The van der Waals surface area contributed by atoms with Crippen molar-refractivity contribution in [2.45, 2.75) is 6.54 Å². The van der Waals surface area contributed by atoms with Gasteiger partial charge in [-0.1, -0.05) is 23.7 Å². The Hall–Kier alpha value is -2.21. The summed E-state index contributed by atoms with van der Waals surface area (Å²) in [5.74, 6) is -0.213. The second-order valence-corrected chi connectivity index (χ2v) is 4.02. The molecule has 2 rings (SSSR count). The first-order chi connectivity index (χ1) is 8.56. The number of halogens is 1. The van der Waals surface area contributed by atoms with Gasteiger partial charge in [-0.3, -0.25) is 19.6 Å². The summed E-state index contributed by atoms with van der Waals surface area (Å²) in [6.45, 7) is -0.0613. The van der Waals surface area contributed by atoms with Crippen molar-refractivity contribution < 1.29 is 9.72 Å². The van der Waals surface area contributed by atoms with Crippen LogP contribution in [0.15, 0.2) is 36.7 Å². The highest BCUT2D eigenvalue weighted by Gasteiger charge is 2.12. The third-order valence-corrected chi connectivity index (χ3v) is 2.52. The summed E-state index contributed by atoms with van der Waals surface area (Å²) in [6, 6.07) is 6.51. The lowest BCUT2D eigenvalue weighted by Gasteiger charge is -2.01. The molecule has 0 unspecified atom stereocenters. The number of Topliss-reactive ketones (excluding diaryl/α,β-unsaturated/α-hetero) is 1. The molecular weight excluding hydrogens is 258 g/mol. The van der Waals surface area contributed by atoms with Gasteiger partial charge in [-0.2, -0.15) is 5.10 Å². The lowest BCUT2D eigenvalue weighted by atomic mass is 10.1. The maximum atomic E-state index is 11.9. The maximum absolute atomic E-state index is 11.9. The second-order valence-electron chi connectivity index (χ2n) is 3.59. The van der Waals surface area contributed by atoms with Gasteiger partial charge in [0, 0.05) is 10.6 Å². The highest BCUT2D eigenvalue weighted by atomic mass is 35.5. The van der Waals surface area contributed by atoms with Crippen molar-refractivity contribution in [1.82, 2.24) is 9.78 Å². The zero-order valence-corrected chi connectivity index (χ0v) is 9.87. The van der Waals surface area contributed by atoms with E-state index in [2.05, 4.69) is 5.10 Å². The van der Waals surface area contributed by atoms with Crippen molar-refractivity contribution in [2.75, 3.05) is 0 Å². The van der Waals surface area contributed by atoms with Crippen LogP contribution in [0, 0.1) is 10.1 Å². The Morgan fingerprint density at radius 2 is 2.28 bits per heavy atom. The van der Waals surface area contributed by atoms with Crippen LogP contribution in [0.2, 0.25) is 5.02 Å². The summed E-state index contributed by atoms with van der Waals surface area (Å²) in [4.78, 5) is 21.8. The molecule has 0 aliphatic carbocycles. The van der Waals surface area contributed by atoms with Crippen LogP contribution in [0.1, 0.15) is 10.4 Å². The number of nitro groups is 1. The maximum Gasteiger partial charge on any atom is 0.307 e. The minimum atomic E-state index is -0.562. The number of aromatic nitrogens is 2. The lowest BCUT2D eigenvalue weighted by Crippen LogP contribution is -2.10. The van der Waals surface area contributed by atoms with Gasteiger partial charge in [0.15, 0.2) is 5.78 Å². The fourth-order valence-electron chi connectivity index (χ4n) is 1.43. The van der Waals surface area contributed by atoms with Crippen LogP contribution in [0.4, 0.5) is 5.69 Å². The molecule has 0 N–H and O–H groups in total. The number of hydrogen-bond donors (Lipinski definition) is 0. The second kappa shape index (κ2) is 4.97. The molecule has 6 nitrogen and oxygen atoms in total. The molecule has 0 amide bonds. The van der Waals surface area contributed by atoms with E-state index in [4.69, 9.17) is 11.6 Å². The fourth-order valence-corrected chi connectivity index (χ4v) is 1.62. The van der Waals surface area contributed by atoms with Gasteiger partial charge >= 0.3 is 5.69 Å². The Kier molecular flexibility index (Phi) is 3.38. The molecule has 0 aliphatic rings. The molecule has 0 saturated carbocycles. The van der Waals surface area contributed by atoms with E-state index in [1.165, 1.54) is 10.9 Å². The number of ketones is 1. The summed E-state index contributed by atoms with van der Waals surface area (Å²) in [6.07, 6.45) is 2.31. The van der Waals surface area contributed by atoms with Gasteiger partial charge in [0.25, 0.3) is 0 Å². The van der Waals surface area contributed by atoms with Crippen LogP contribution in [0.5, 0.6) is 0 Å². The van der Waals surface area contributed by atoms with Crippen molar-refractivity contribution in [3.05, 3.63) is 57.4 Å². The smallest absolute Gasteiger partial charge is 0.292 e. The van der Waals surface area contributed by atoms with Gasteiger partial charge in [0.1, 0.15) is 18.9 Å². The molecule has 0 radical (unpaired) electrons. The molecule has 2 aromatic rings. The highest BCUT2D eigenvalue weighted by Crippen LogP contribution is 2.13. The first kappa shape index (κ1) is 12.3. The van der Waals surface area contributed by atoms with E-state index < -0.39 is 4.92 Å². The highest BCUT2D eigenvalue weighted by molar-refractivity contribution is 6.31. The Labute approximate surface area is 107 Å². The number of rotatable bonds is 4. The van der Waals surface area contributed by atoms with Crippen molar-refractivity contribution >= 4 is 23.1 Å². The van der Waals surface area contributed by atoms with Crippen LogP contribution in [0.3, 0.4) is 0 Å². The molecule has 1 heterocycles. The number of hydrogen-bond acceptors (Lipinski definition) is 4. The number of nitrogens with zero attached hydrogens (tertiary/aromatic N) is 3. The fraction of sp³-hybridized carbons (Fsp3) is 0.0909. The third-order valence-electron chi connectivity index (χ3n) is 2.28. The average Bonchev–Trinajstić information content (AvgIpc) is 2.77.